The minimum Gasteiger partial charge on any atom is -0.329 e. The monoisotopic (exact) mass is 503 g/mol. The molecule has 8 heteroatoms. The van der Waals surface area contributed by atoms with Crippen LogP contribution in [-0.2, 0) is 16.0 Å². The van der Waals surface area contributed by atoms with Crippen molar-refractivity contribution < 1.29 is 14.4 Å². The highest BCUT2D eigenvalue weighted by atomic mass is 32.1. The van der Waals surface area contributed by atoms with E-state index in [-0.39, 0.29) is 17.9 Å². The Morgan fingerprint density at radius 1 is 1.14 bits per heavy atom. The summed E-state index contributed by atoms with van der Waals surface area (Å²) in [6, 6.07) is 6.85. The van der Waals surface area contributed by atoms with E-state index < -0.39 is 17.6 Å². The zero-order chi connectivity index (χ0) is 25.4. The summed E-state index contributed by atoms with van der Waals surface area (Å²) in [4.78, 5) is 56.5. The smallest absolute Gasteiger partial charge is 0.262 e. The third kappa shape index (κ3) is 4.57. The molecule has 2 aliphatic rings. The lowest BCUT2D eigenvalue weighted by atomic mass is 9.95. The molecule has 2 aromatic heterocycles. The summed E-state index contributed by atoms with van der Waals surface area (Å²) in [6.07, 6.45) is 6.34. The Kier molecular flexibility index (Phi) is 6.71. The van der Waals surface area contributed by atoms with E-state index in [0.717, 1.165) is 4.88 Å². The number of amides is 1. The number of hydrogen-bond donors (Lipinski definition) is 1. The number of aromatic nitrogens is 2. The second-order valence-electron chi connectivity index (χ2n) is 9.76. The van der Waals surface area contributed by atoms with E-state index in [2.05, 4.69) is 16.9 Å². The second kappa shape index (κ2) is 9.93. The summed E-state index contributed by atoms with van der Waals surface area (Å²) in [5.41, 5.74) is 2.59. The maximum absolute atomic E-state index is 13.2. The van der Waals surface area contributed by atoms with Crippen molar-refractivity contribution in [3.63, 3.8) is 0 Å². The van der Waals surface area contributed by atoms with Gasteiger partial charge in [-0.05, 0) is 50.5 Å². The third-order valence-electron chi connectivity index (χ3n) is 7.38. The van der Waals surface area contributed by atoms with Crippen molar-refractivity contribution in [2.24, 2.45) is 0 Å². The number of aryl methyl sites for hydroxylation is 2. The second-order valence-corrected chi connectivity index (χ2v) is 10.7. The van der Waals surface area contributed by atoms with Gasteiger partial charge in [0.05, 0.1) is 10.9 Å². The van der Waals surface area contributed by atoms with E-state index in [1.807, 2.05) is 12.1 Å². The number of nitrogens with zero attached hydrogens (tertiary/aromatic N) is 2. The molecule has 1 saturated heterocycles. The van der Waals surface area contributed by atoms with Crippen molar-refractivity contribution in [2.45, 2.75) is 70.3 Å². The van der Waals surface area contributed by atoms with Crippen LogP contribution in [0.5, 0.6) is 0 Å². The molecule has 0 bridgehead atoms. The van der Waals surface area contributed by atoms with E-state index in [1.165, 1.54) is 47.2 Å². The number of piperidine rings is 1. The molecule has 1 saturated carbocycles. The highest BCUT2D eigenvalue weighted by molar-refractivity contribution is 7.11. The number of Topliss-reactive ketones (excluding diaryl/α,β-unsaturated/α-hetero) is 2. The number of nitrogens with one attached hydrogen (secondary N) is 1. The van der Waals surface area contributed by atoms with Crippen LogP contribution in [0.4, 0.5) is 0 Å². The fraction of sp³-hybridized carbons (Fsp3) is 0.393. The molecule has 1 N–H and O–H groups in total. The molecule has 0 radical (unpaired) electrons. The molecule has 186 valence electrons. The van der Waals surface area contributed by atoms with Crippen LogP contribution < -0.4 is 10.9 Å². The van der Waals surface area contributed by atoms with E-state index in [0.29, 0.717) is 53.2 Å². The van der Waals surface area contributed by atoms with Crippen LogP contribution in [0, 0.1) is 6.92 Å². The molecular formula is C28H29N3O4S. The minimum absolute atomic E-state index is 0.0514. The van der Waals surface area contributed by atoms with Gasteiger partial charge in [0.15, 0.2) is 0 Å². The highest BCUT2D eigenvalue weighted by Crippen LogP contribution is 2.34. The Hall–Kier alpha value is -3.39. The molecular weight excluding hydrogens is 474 g/mol. The molecule has 1 aliphatic heterocycles. The number of hydrogen-bond acceptors (Lipinski definition) is 6. The molecule has 0 spiro atoms. The Morgan fingerprint density at radius 2 is 1.86 bits per heavy atom. The lowest BCUT2D eigenvalue weighted by molar-refractivity contribution is -0.125. The minimum atomic E-state index is -0.623. The molecule has 5 rings (SSSR count). The topological polar surface area (TPSA) is 98.1 Å². The van der Waals surface area contributed by atoms with Gasteiger partial charge in [-0.25, -0.2) is 4.98 Å². The fourth-order valence-corrected chi connectivity index (χ4v) is 6.34. The van der Waals surface area contributed by atoms with Gasteiger partial charge in [-0.15, -0.1) is 11.3 Å². The number of allylic oxidation sites excluding steroid dienone is 1. The van der Waals surface area contributed by atoms with Gasteiger partial charge in [-0.2, -0.15) is 0 Å². The molecule has 1 aromatic carbocycles. The molecule has 1 atom stereocenters. The van der Waals surface area contributed by atoms with Crippen molar-refractivity contribution >= 4 is 39.7 Å². The standard InChI is InChI=1S/C28H29N3O4S/c1-16-7-12-22(27(34)29-16)31-17(2)30-25-21(28(31)35)15-36-24(25)14-13-23(32)26(33)20-10-8-19(9-11-20)18-5-3-4-6-18/h8-11,15,18,22H,1,3-7,12-14H2,2H3,(H,29,34). The highest BCUT2D eigenvalue weighted by Gasteiger charge is 2.29. The Bertz CT molecular complexity index is 1430. The van der Waals surface area contributed by atoms with E-state index in [9.17, 15) is 19.2 Å². The molecule has 3 aromatic rings. The largest absolute Gasteiger partial charge is 0.329 e. The first-order valence-electron chi connectivity index (χ1n) is 12.5. The SMILES string of the molecule is C=C1CCC(n2c(C)nc3c(CCC(=O)C(=O)c4ccc(C5CCCC5)cc4)scc3c2=O)C(=O)N1. The van der Waals surface area contributed by atoms with Gasteiger partial charge in [0.1, 0.15) is 11.9 Å². The Morgan fingerprint density at radius 3 is 2.56 bits per heavy atom. The Labute approximate surface area is 213 Å². The lowest BCUT2D eigenvalue weighted by Gasteiger charge is -2.26. The van der Waals surface area contributed by atoms with E-state index in [4.69, 9.17) is 0 Å². The number of carbonyl (C=O) groups excluding carboxylic acids is 3. The number of fused-ring (bicyclic) bond motifs is 1. The third-order valence-corrected chi connectivity index (χ3v) is 8.41. The quantitative estimate of drug-likeness (QED) is 0.370. The summed E-state index contributed by atoms with van der Waals surface area (Å²) >= 11 is 1.35. The van der Waals surface area contributed by atoms with Crippen LogP contribution in [0.2, 0.25) is 0 Å². The predicted molar refractivity (Wildman–Crippen MR) is 139 cm³/mol. The van der Waals surface area contributed by atoms with Crippen molar-refractivity contribution in [3.05, 3.63) is 74.1 Å². The molecule has 1 amide bonds. The van der Waals surface area contributed by atoms with Crippen LogP contribution in [-0.4, -0.2) is 27.0 Å². The van der Waals surface area contributed by atoms with Gasteiger partial charge in [0, 0.05) is 27.9 Å². The first-order chi connectivity index (χ1) is 17.3. The number of benzene rings is 1. The number of ketones is 2. The van der Waals surface area contributed by atoms with Gasteiger partial charge in [-0.1, -0.05) is 43.7 Å². The van der Waals surface area contributed by atoms with Crippen molar-refractivity contribution in [1.29, 1.82) is 0 Å². The molecule has 1 aliphatic carbocycles. The molecule has 2 fully saturated rings. The number of rotatable bonds is 7. The maximum Gasteiger partial charge on any atom is 0.262 e. The van der Waals surface area contributed by atoms with Crippen molar-refractivity contribution in [1.82, 2.24) is 14.9 Å². The summed E-state index contributed by atoms with van der Waals surface area (Å²) < 4.78 is 1.45. The van der Waals surface area contributed by atoms with Gasteiger partial charge in [0.25, 0.3) is 5.56 Å². The van der Waals surface area contributed by atoms with Crippen LogP contribution in [0.15, 0.2) is 46.7 Å². The predicted octanol–water partition coefficient (Wildman–Crippen LogP) is 4.77. The zero-order valence-electron chi connectivity index (χ0n) is 20.3. The summed E-state index contributed by atoms with van der Waals surface area (Å²) in [7, 11) is 0. The molecule has 1 unspecified atom stereocenters. The van der Waals surface area contributed by atoms with Gasteiger partial charge < -0.3 is 5.32 Å². The first-order valence-corrected chi connectivity index (χ1v) is 13.4. The van der Waals surface area contributed by atoms with Gasteiger partial charge in [0.2, 0.25) is 17.5 Å². The van der Waals surface area contributed by atoms with Crippen LogP contribution >= 0.6 is 11.3 Å². The van der Waals surface area contributed by atoms with Crippen LogP contribution in [0.1, 0.15) is 83.5 Å². The Balaban J connectivity index is 1.30. The lowest BCUT2D eigenvalue weighted by Crippen LogP contribution is -2.41. The molecule has 36 heavy (non-hydrogen) atoms. The average molecular weight is 504 g/mol. The van der Waals surface area contributed by atoms with E-state index in [1.54, 1.807) is 24.4 Å². The molecule has 3 heterocycles. The van der Waals surface area contributed by atoms with E-state index >= 15 is 0 Å². The van der Waals surface area contributed by atoms with Crippen molar-refractivity contribution in [3.8, 4) is 0 Å². The molecule has 7 nitrogen and oxygen atoms in total. The number of carbonyl (C=O) groups is 3. The van der Waals surface area contributed by atoms with Gasteiger partial charge in [-0.3, -0.25) is 23.7 Å². The number of thiophene rings is 1. The fourth-order valence-electron chi connectivity index (χ4n) is 5.38. The van der Waals surface area contributed by atoms with Crippen molar-refractivity contribution in [2.75, 3.05) is 0 Å². The van der Waals surface area contributed by atoms with Crippen LogP contribution in [0.3, 0.4) is 0 Å². The summed E-state index contributed by atoms with van der Waals surface area (Å²) in [5.74, 6) is -0.179. The van der Waals surface area contributed by atoms with Crippen LogP contribution in [0.25, 0.3) is 10.9 Å². The average Bonchev–Trinajstić information content (AvgIpc) is 3.54. The summed E-state index contributed by atoms with van der Waals surface area (Å²) in [5, 5.41) is 4.88. The first kappa shape index (κ1) is 24.3. The maximum atomic E-state index is 13.2. The zero-order valence-corrected chi connectivity index (χ0v) is 21.2. The normalized spacial score (nSPS) is 18.5. The summed E-state index contributed by atoms with van der Waals surface area (Å²) in [6.45, 7) is 5.50. The van der Waals surface area contributed by atoms with Gasteiger partial charge >= 0.3 is 0 Å².